The monoisotopic (exact) mass is 172 g/mol. The van der Waals surface area contributed by atoms with Gasteiger partial charge in [-0.25, -0.2) is 0 Å². The first-order valence-corrected chi connectivity index (χ1v) is 5.05. The van der Waals surface area contributed by atoms with Crippen molar-refractivity contribution in [3.8, 4) is 0 Å². The fourth-order valence-electron chi connectivity index (χ4n) is 2.02. The first-order chi connectivity index (χ1) is 5.83. The molecule has 0 radical (unpaired) electrons. The highest BCUT2D eigenvalue weighted by molar-refractivity contribution is 4.79. The van der Waals surface area contributed by atoms with Crippen LogP contribution in [0.2, 0.25) is 0 Å². The van der Waals surface area contributed by atoms with Crippen LogP contribution in [-0.2, 0) is 0 Å². The molecule has 0 aromatic heterocycles. The zero-order valence-corrected chi connectivity index (χ0v) is 7.76. The summed E-state index contributed by atoms with van der Waals surface area (Å²) in [5.41, 5.74) is -0.152. The van der Waals surface area contributed by atoms with Crippen LogP contribution in [-0.4, -0.2) is 23.4 Å². The average Bonchev–Trinajstić information content (AvgIpc) is 2.06. The van der Waals surface area contributed by atoms with Gasteiger partial charge in [0.25, 0.3) is 0 Å². The van der Waals surface area contributed by atoms with Crippen molar-refractivity contribution in [2.75, 3.05) is 13.2 Å². The Bertz CT molecular complexity index is 109. The minimum absolute atomic E-state index is 0.152. The van der Waals surface area contributed by atoms with Gasteiger partial charge >= 0.3 is 0 Å². The summed E-state index contributed by atoms with van der Waals surface area (Å²) >= 11 is 0. The van der Waals surface area contributed by atoms with E-state index in [4.69, 9.17) is 0 Å². The van der Waals surface area contributed by atoms with Gasteiger partial charge in [0.05, 0.1) is 13.2 Å². The maximum Gasteiger partial charge on any atom is 0.0509 e. The summed E-state index contributed by atoms with van der Waals surface area (Å²) in [5, 5.41) is 18.4. The van der Waals surface area contributed by atoms with Crippen LogP contribution >= 0.6 is 0 Å². The molecule has 72 valence electrons. The molecule has 0 heterocycles. The number of aliphatic hydroxyl groups is 2. The Morgan fingerprint density at radius 3 is 1.58 bits per heavy atom. The second-order valence-corrected chi connectivity index (χ2v) is 4.08. The molecule has 2 nitrogen and oxygen atoms in total. The van der Waals surface area contributed by atoms with Gasteiger partial charge in [0.1, 0.15) is 0 Å². The number of hydrogen-bond donors (Lipinski definition) is 2. The minimum Gasteiger partial charge on any atom is -0.396 e. The maximum absolute atomic E-state index is 9.20. The third kappa shape index (κ3) is 2.46. The summed E-state index contributed by atoms with van der Waals surface area (Å²) in [4.78, 5) is 0. The Balaban J connectivity index is 2.45. The molecule has 1 aliphatic carbocycles. The molecule has 0 unspecified atom stereocenters. The first kappa shape index (κ1) is 10.0. The molecule has 2 N–H and O–H groups in total. The van der Waals surface area contributed by atoms with Gasteiger partial charge in [-0.2, -0.15) is 0 Å². The molecule has 0 aromatic rings. The smallest absolute Gasteiger partial charge is 0.0509 e. The Morgan fingerprint density at radius 1 is 0.750 bits per heavy atom. The Morgan fingerprint density at radius 2 is 1.17 bits per heavy atom. The Labute approximate surface area is 74.6 Å². The molecule has 0 amide bonds. The van der Waals surface area contributed by atoms with Crippen LogP contribution in [0.3, 0.4) is 0 Å². The molecular formula is C10H20O2. The van der Waals surface area contributed by atoms with Crippen LogP contribution in [0.1, 0.15) is 44.9 Å². The summed E-state index contributed by atoms with van der Waals surface area (Å²) in [6.07, 6.45) is 8.19. The predicted octanol–water partition coefficient (Wildman–Crippen LogP) is 1.70. The molecule has 0 spiro atoms. The molecule has 0 aromatic carbocycles. The van der Waals surface area contributed by atoms with Crippen LogP contribution in [0.4, 0.5) is 0 Å². The third-order valence-corrected chi connectivity index (χ3v) is 3.09. The molecule has 1 saturated carbocycles. The highest BCUT2D eigenvalue weighted by Crippen LogP contribution is 2.32. The van der Waals surface area contributed by atoms with Gasteiger partial charge in [-0.05, 0) is 12.8 Å². The molecule has 1 aliphatic rings. The topological polar surface area (TPSA) is 40.5 Å². The largest absolute Gasteiger partial charge is 0.396 e. The lowest BCUT2D eigenvalue weighted by Gasteiger charge is -2.31. The summed E-state index contributed by atoms with van der Waals surface area (Å²) < 4.78 is 0. The normalized spacial score (nSPS) is 24.5. The van der Waals surface area contributed by atoms with Crippen LogP contribution < -0.4 is 0 Å². The van der Waals surface area contributed by atoms with Gasteiger partial charge in [0.15, 0.2) is 0 Å². The zero-order chi connectivity index (χ0) is 8.86. The van der Waals surface area contributed by atoms with Gasteiger partial charge in [0, 0.05) is 5.41 Å². The number of rotatable bonds is 2. The molecule has 0 saturated heterocycles. The summed E-state index contributed by atoms with van der Waals surface area (Å²) in [7, 11) is 0. The first-order valence-electron chi connectivity index (χ1n) is 5.05. The van der Waals surface area contributed by atoms with E-state index in [2.05, 4.69) is 0 Å². The van der Waals surface area contributed by atoms with Gasteiger partial charge in [0.2, 0.25) is 0 Å². The molecule has 2 heteroatoms. The molecule has 12 heavy (non-hydrogen) atoms. The summed E-state index contributed by atoms with van der Waals surface area (Å²) in [6.45, 7) is 0.312. The standard InChI is InChI=1S/C10H20O2/c11-8-10(9-12)6-4-2-1-3-5-7-10/h11-12H,1-9H2. The van der Waals surface area contributed by atoms with Crippen molar-refractivity contribution >= 4 is 0 Å². The molecule has 1 rings (SSSR count). The van der Waals surface area contributed by atoms with E-state index in [1.54, 1.807) is 0 Å². The van der Waals surface area contributed by atoms with Crippen molar-refractivity contribution in [2.24, 2.45) is 5.41 Å². The lowest BCUT2D eigenvalue weighted by molar-refractivity contribution is 0.0321. The van der Waals surface area contributed by atoms with Crippen molar-refractivity contribution in [3.05, 3.63) is 0 Å². The van der Waals surface area contributed by atoms with Crippen LogP contribution in [0.25, 0.3) is 0 Å². The van der Waals surface area contributed by atoms with Crippen molar-refractivity contribution in [2.45, 2.75) is 44.9 Å². The van der Waals surface area contributed by atoms with E-state index in [0.717, 1.165) is 12.8 Å². The van der Waals surface area contributed by atoms with Crippen molar-refractivity contribution in [1.29, 1.82) is 0 Å². The van der Waals surface area contributed by atoms with Crippen molar-refractivity contribution in [1.82, 2.24) is 0 Å². The maximum atomic E-state index is 9.20. The molecule has 0 atom stereocenters. The van der Waals surface area contributed by atoms with Gasteiger partial charge in [-0.3, -0.25) is 0 Å². The lowest BCUT2D eigenvalue weighted by atomic mass is 9.77. The quantitative estimate of drug-likeness (QED) is 0.665. The van der Waals surface area contributed by atoms with E-state index < -0.39 is 0 Å². The van der Waals surface area contributed by atoms with E-state index in [0.29, 0.717) is 0 Å². The lowest BCUT2D eigenvalue weighted by Crippen LogP contribution is -2.30. The SMILES string of the molecule is OCC1(CO)CCCCCCC1. The molecule has 0 aliphatic heterocycles. The third-order valence-electron chi connectivity index (χ3n) is 3.09. The van der Waals surface area contributed by atoms with E-state index in [1.807, 2.05) is 0 Å². The number of aliphatic hydroxyl groups excluding tert-OH is 2. The van der Waals surface area contributed by atoms with E-state index in [9.17, 15) is 10.2 Å². The van der Waals surface area contributed by atoms with Crippen LogP contribution in [0.5, 0.6) is 0 Å². The second kappa shape index (κ2) is 4.83. The van der Waals surface area contributed by atoms with Gasteiger partial charge < -0.3 is 10.2 Å². The summed E-state index contributed by atoms with van der Waals surface area (Å²) in [5.74, 6) is 0. The fourth-order valence-corrected chi connectivity index (χ4v) is 2.02. The van der Waals surface area contributed by atoms with E-state index in [-0.39, 0.29) is 18.6 Å². The van der Waals surface area contributed by atoms with E-state index >= 15 is 0 Å². The molecular weight excluding hydrogens is 152 g/mol. The Kier molecular flexibility index (Phi) is 4.02. The fraction of sp³-hybridized carbons (Fsp3) is 1.00. The van der Waals surface area contributed by atoms with Crippen LogP contribution in [0, 0.1) is 5.41 Å². The highest BCUT2D eigenvalue weighted by atomic mass is 16.3. The van der Waals surface area contributed by atoms with Crippen LogP contribution in [0.15, 0.2) is 0 Å². The number of hydrogen-bond acceptors (Lipinski definition) is 2. The highest BCUT2D eigenvalue weighted by Gasteiger charge is 2.28. The predicted molar refractivity (Wildman–Crippen MR) is 48.9 cm³/mol. The Hall–Kier alpha value is -0.0800. The van der Waals surface area contributed by atoms with E-state index in [1.165, 1.54) is 32.1 Å². The minimum atomic E-state index is -0.152. The average molecular weight is 172 g/mol. The molecule has 1 fully saturated rings. The summed E-state index contributed by atoms with van der Waals surface area (Å²) in [6, 6.07) is 0. The van der Waals surface area contributed by atoms with Gasteiger partial charge in [-0.1, -0.05) is 32.1 Å². The van der Waals surface area contributed by atoms with Gasteiger partial charge in [-0.15, -0.1) is 0 Å². The molecule has 0 bridgehead atoms. The van der Waals surface area contributed by atoms with Crippen molar-refractivity contribution in [3.63, 3.8) is 0 Å². The zero-order valence-electron chi connectivity index (χ0n) is 7.76. The van der Waals surface area contributed by atoms with Crippen molar-refractivity contribution < 1.29 is 10.2 Å². The second-order valence-electron chi connectivity index (χ2n) is 4.08.